The number of hydrogen-bond acceptors (Lipinski definition) is 3. The number of carbonyl (C=O) groups excluding carboxylic acids is 1. The zero-order valence-electron chi connectivity index (χ0n) is 16.9. The predicted molar refractivity (Wildman–Crippen MR) is 120 cm³/mol. The minimum atomic E-state index is -0.227. The second kappa shape index (κ2) is 9.94. The minimum absolute atomic E-state index is 0.0289. The third-order valence-electron chi connectivity index (χ3n) is 5.42. The smallest absolute Gasteiger partial charge is 0.239 e. The number of fused-ring (bicyclic) bond motifs is 1. The molecule has 1 aliphatic rings. The fraction of sp³-hybridized carbons (Fsp3) is 0.333. The number of halogens is 1. The first-order valence-corrected chi connectivity index (χ1v) is 11.4. The highest BCUT2D eigenvalue weighted by atomic mass is 32.2. The molecule has 1 N–H and O–H groups in total. The summed E-state index contributed by atoms with van der Waals surface area (Å²) in [4.78, 5) is 16.9. The molecule has 0 saturated heterocycles. The van der Waals surface area contributed by atoms with Crippen LogP contribution in [0.1, 0.15) is 37.7 Å². The number of benzene rings is 1. The number of amides is 1. The Bertz CT molecular complexity index is 1040. The Morgan fingerprint density at radius 3 is 2.83 bits per heavy atom. The molecule has 0 spiro atoms. The maximum Gasteiger partial charge on any atom is 0.239 e. The van der Waals surface area contributed by atoms with Crippen LogP contribution in [0.3, 0.4) is 0 Å². The van der Waals surface area contributed by atoms with Crippen molar-refractivity contribution in [3.05, 3.63) is 71.8 Å². The van der Waals surface area contributed by atoms with Crippen molar-refractivity contribution >= 4 is 28.6 Å². The van der Waals surface area contributed by atoms with Crippen LogP contribution in [0.25, 0.3) is 10.9 Å². The highest BCUT2D eigenvalue weighted by molar-refractivity contribution is 7.98. The summed E-state index contributed by atoms with van der Waals surface area (Å²) in [5.41, 5.74) is 3.52. The number of carbonyl (C=O) groups is 1. The van der Waals surface area contributed by atoms with Crippen LogP contribution in [0, 0.1) is 5.82 Å². The maximum absolute atomic E-state index is 13.1. The van der Waals surface area contributed by atoms with Gasteiger partial charge in [-0.15, -0.1) is 11.8 Å². The van der Waals surface area contributed by atoms with Crippen LogP contribution in [-0.2, 0) is 17.1 Å². The first kappa shape index (κ1) is 20.7. The summed E-state index contributed by atoms with van der Waals surface area (Å²) in [7, 11) is 0. The molecule has 30 heavy (non-hydrogen) atoms. The van der Waals surface area contributed by atoms with E-state index in [-0.39, 0.29) is 11.7 Å². The van der Waals surface area contributed by atoms with E-state index < -0.39 is 0 Å². The van der Waals surface area contributed by atoms with Gasteiger partial charge < -0.3 is 9.88 Å². The van der Waals surface area contributed by atoms with Crippen LogP contribution in [0.5, 0.6) is 0 Å². The molecule has 2 aromatic heterocycles. The third-order valence-corrected chi connectivity index (χ3v) is 6.49. The lowest BCUT2D eigenvalue weighted by molar-refractivity contribution is -0.121. The summed E-state index contributed by atoms with van der Waals surface area (Å²) >= 11 is 1.62. The topological polar surface area (TPSA) is 46.9 Å². The van der Waals surface area contributed by atoms with Gasteiger partial charge in [-0.25, -0.2) is 9.37 Å². The van der Waals surface area contributed by atoms with Gasteiger partial charge in [-0.1, -0.05) is 23.8 Å². The number of allylic oxidation sites excluding steroid dienone is 1. The quantitative estimate of drug-likeness (QED) is 0.386. The number of rotatable bonds is 8. The molecule has 0 fully saturated rings. The molecule has 1 aromatic carbocycles. The van der Waals surface area contributed by atoms with E-state index in [2.05, 4.69) is 16.4 Å². The third kappa shape index (κ3) is 5.30. The van der Waals surface area contributed by atoms with Crippen LogP contribution >= 0.6 is 11.8 Å². The van der Waals surface area contributed by atoms with Gasteiger partial charge in [0, 0.05) is 30.1 Å². The Kier molecular flexibility index (Phi) is 6.84. The van der Waals surface area contributed by atoms with Crippen LogP contribution in [0.4, 0.5) is 4.39 Å². The summed E-state index contributed by atoms with van der Waals surface area (Å²) in [6.45, 7) is 0.999. The molecule has 0 aliphatic heterocycles. The van der Waals surface area contributed by atoms with Gasteiger partial charge in [-0.2, -0.15) is 0 Å². The number of aromatic nitrogens is 2. The number of thioether (sulfide) groups is 1. The molecule has 4 nitrogen and oxygen atoms in total. The van der Waals surface area contributed by atoms with E-state index in [1.807, 2.05) is 22.9 Å². The maximum atomic E-state index is 13.1. The number of hydrogen-bond donors (Lipinski definition) is 1. The molecule has 0 bridgehead atoms. The molecular weight excluding hydrogens is 397 g/mol. The van der Waals surface area contributed by atoms with Crippen molar-refractivity contribution < 1.29 is 9.18 Å². The van der Waals surface area contributed by atoms with Gasteiger partial charge in [-0.05, 0) is 61.9 Å². The van der Waals surface area contributed by atoms with E-state index in [9.17, 15) is 9.18 Å². The van der Waals surface area contributed by atoms with Crippen molar-refractivity contribution in [2.45, 2.75) is 49.4 Å². The fourth-order valence-electron chi connectivity index (χ4n) is 3.79. The Morgan fingerprint density at radius 1 is 1.17 bits per heavy atom. The van der Waals surface area contributed by atoms with E-state index in [4.69, 9.17) is 0 Å². The molecule has 0 unspecified atom stereocenters. The standard InChI is InChI=1S/C24H26FN3OS/c25-20-8-6-19(7-9-20)17-30-24-21-12-15-28(22(21)11-14-27-24)16-23(29)26-13-10-18-4-2-1-3-5-18/h4,6-9,11-12,14-15H,1-3,5,10,13,16-17H2,(H,26,29). The van der Waals surface area contributed by atoms with E-state index in [0.29, 0.717) is 18.8 Å². The van der Waals surface area contributed by atoms with Gasteiger partial charge in [-0.3, -0.25) is 4.79 Å². The average Bonchev–Trinajstić information content (AvgIpc) is 3.17. The van der Waals surface area contributed by atoms with E-state index in [0.717, 1.165) is 27.9 Å². The number of pyridine rings is 1. The zero-order valence-corrected chi connectivity index (χ0v) is 17.8. The Labute approximate surface area is 180 Å². The summed E-state index contributed by atoms with van der Waals surface area (Å²) < 4.78 is 15.0. The molecule has 6 heteroatoms. The Balaban J connectivity index is 1.35. The number of nitrogens with zero attached hydrogens (tertiary/aromatic N) is 2. The predicted octanol–water partition coefficient (Wildman–Crippen LogP) is 5.47. The van der Waals surface area contributed by atoms with E-state index >= 15 is 0 Å². The SMILES string of the molecule is O=C(Cn1ccc2c(SCc3ccc(F)cc3)nccc21)NCCC1=CCCCC1. The molecule has 3 aromatic rings. The van der Waals surface area contributed by atoms with Gasteiger partial charge in [0.05, 0.1) is 5.52 Å². The van der Waals surface area contributed by atoms with Gasteiger partial charge in [0.2, 0.25) is 5.91 Å². The molecule has 156 valence electrons. The highest BCUT2D eigenvalue weighted by Gasteiger charge is 2.11. The molecule has 2 heterocycles. The summed E-state index contributed by atoms with van der Waals surface area (Å²) in [6, 6.07) is 10.5. The Hall–Kier alpha value is -2.60. The summed E-state index contributed by atoms with van der Waals surface area (Å²) in [6.07, 6.45) is 11.9. The van der Waals surface area contributed by atoms with Crippen molar-refractivity contribution in [1.29, 1.82) is 0 Å². The largest absolute Gasteiger partial charge is 0.354 e. The molecule has 1 aliphatic carbocycles. The average molecular weight is 424 g/mol. The summed E-state index contributed by atoms with van der Waals surface area (Å²) in [5, 5.41) is 5.00. The van der Waals surface area contributed by atoms with Gasteiger partial charge in [0.15, 0.2) is 0 Å². The molecule has 4 rings (SSSR count). The normalized spacial score (nSPS) is 14.0. The van der Waals surface area contributed by atoms with Crippen molar-refractivity contribution in [2.75, 3.05) is 6.54 Å². The lowest BCUT2D eigenvalue weighted by Gasteiger charge is -2.13. The van der Waals surface area contributed by atoms with Crippen molar-refractivity contribution in [1.82, 2.24) is 14.9 Å². The van der Waals surface area contributed by atoms with Crippen molar-refractivity contribution in [3.63, 3.8) is 0 Å². The minimum Gasteiger partial charge on any atom is -0.354 e. The number of nitrogens with one attached hydrogen (secondary N) is 1. The molecule has 0 radical (unpaired) electrons. The second-order valence-corrected chi connectivity index (χ2v) is 8.58. The monoisotopic (exact) mass is 423 g/mol. The molecular formula is C24H26FN3OS. The van der Waals surface area contributed by atoms with Crippen molar-refractivity contribution in [3.8, 4) is 0 Å². The van der Waals surface area contributed by atoms with Crippen molar-refractivity contribution in [2.24, 2.45) is 0 Å². The van der Waals surface area contributed by atoms with E-state index in [1.165, 1.54) is 43.4 Å². The first-order valence-electron chi connectivity index (χ1n) is 10.4. The van der Waals surface area contributed by atoms with Crippen LogP contribution in [-0.4, -0.2) is 22.0 Å². The zero-order chi connectivity index (χ0) is 20.8. The second-order valence-electron chi connectivity index (χ2n) is 7.62. The lowest BCUT2D eigenvalue weighted by Crippen LogP contribution is -2.28. The summed E-state index contributed by atoms with van der Waals surface area (Å²) in [5.74, 6) is 0.518. The van der Waals surface area contributed by atoms with Gasteiger partial charge >= 0.3 is 0 Å². The van der Waals surface area contributed by atoms with Crippen LogP contribution in [0.2, 0.25) is 0 Å². The molecule has 0 atom stereocenters. The van der Waals surface area contributed by atoms with Gasteiger partial charge in [0.1, 0.15) is 17.4 Å². The van der Waals surface area contributed by atoms with Crippen LogP contribution < -0.4 is 5.32 Å². The fourth-order valence-corrected chi connectivity index (χ4v) is 4.75. The highest BCUT2D eigenvalue weighted by Crippen LogP contribution is 2.29. The van der Waals surface area contributed by atoms with Crippen LogP contribution in [0.15, 0.2) is 65.5 Å². The molecule has 0 saturated carbocycles. The Morgan fingerprint density at radius 2 is 2.03 bits per heavy atom. The van der Waals surface area contributed by atoms with Gasteiger partial charge in [0.25, 0.3) is 0 Å². The molecule has 1 amide bonds. The lowest BCUT2D eigenvalue weighted by atomic mass is 9.97. The first-order chi connectivity index (χ1) is 14.7. The van der Waals surface area contributed by atoms with E-state index in [1.54, 1.807) is 30.1 Å².